The molecule has 0 aliphatic carbocycles. The van der Waals surface area contributed by atoms with E-state index in [0.29, 0.717) is 17.7 Å². The van der Waals surface area contributed by atoms with Gasteiger partial charge in [-0.15, -0.1) is 0 Å². The van der Waals surface area contributed by atoms with Gasteiger partial charge in [-0.2, -0.15) is 5.26 Å². The molecule has 0 bridgehead atoms. The van der Waals surface area contributed by atoms with Crippen molar-refractivity contribution in [1.82, 2.24) is 5.32 Å². The van der Waals surface area contributed by atoms with Crippen LogP contribution in [0.3, 0.4) is 0 Å². The second kappa shape index (κ2) is 6.11. The number of carbonyl (C=O) groups excluding carboxylic acids is 1. The average molecular weight is 286 g/mol. The van der Waals surface area contributed by atoms with E-state index in [1.165, 1.54) is 0 Å². The van der Waals surface area contributed by atoms with Crippen molar-refractivity contribution < 1.29 is 4.79 Å². The summed E-state index contributed by atoms with van der Waals surface area (Å²) in [6.45, 7) is 0.442. The summed E-state index contributed by atoms with van der Waals surface area (Å²) in [6.07, 6.45) is 0. The fourth-order valence-electron chi connectivity index (χ4n) is 2.31. The molecule has 3 aromatic rings. The van der Waals surface area contributed by atoms with E-state index in [1.54, 1.807) is 12.1 Å². The molecule has 0 atom stereocenters. The summed E-state index contributed by atoms with van der Waals surface area (Å²) < 4.78 is 0. The molecule has 0 unspecified atom stereocenters. The highest BCUT2D eigenvalue weighted by Crippen LogP contribution is 2.15. The van der Waals surface area contributed by atoms with Crippen LogP contribution in [-0.2, 0) is 6.54 Å². The molecule has 0 radical (unpaired) electrons. The van der Waals surface area contributed by atoms with Crippen LogP contribution in [0.15, 0.2) is 66.7 Å². The fourth-order valence-corrected chi connectivity index (χ4v) is 2.31. The molecule has 3 heteroatoms. The number of nitriles is 1. The molecule has 0 aliphatic heterocycles. The van der Waals surface area contributed by atoms with Crippen LogP contribution < -0.4 is 5.32 Å². The summed E-state index contributed by atoms with van der Waals surface area (Å²) in [6, 6.07) is 22.9. The van der Waals surface area contributed by atoms with Crippen molar-refractivity contribution in [2.24, 2.45) is 0 Å². The van der Waals surface area contributed by atoms with Crippen LogP contribution in [0.25, 0.3) is 10.8 Å². The van der Waals surface area contributed by atoms with E-state index in [-0.39, 0.29) is 5.91 Å². The van der Waals surface area contributed by atoms with Crippen molar-refractivity contribution in [3.05, 3.63) is 83.4 Å². The minimum Gasteiger partial charge on any atom is -0.348 e. The third-order valence-electron chi connectivity index (χ3n) is 3.55. The van der Waals surface area contributed by atoms with Crippen LogP contribution in [0.2, 0.25) is 0 Å². The largest absolute Gasteiger partial charge is 0.348 e. The summed E-state index contributed by atoms with van der Waals surface area (Å²) in [7, 11) is 0. The quantitative estimate of drug-likeness (QED) is 0.799. The minimum absolute atomic E-state index is 0.102. The van der Waals surface area contributed by atoms with Gasteiger partial charge in [0.25, 0.3) is 5.91 Å². The number of benzene rings is 3. The molecular weight excluding hydrogens is 272 g/mol. The van der Waals surface area contributed by atoms with Crippen molar-refractivity contribution in [3.8, 4) is 6.07 Å². The van der Waals surface area contributed by atoms with Gasteiger partial charge in [0.15, 0.2) is 0 Å². The van der Waals surface area contributed by atoms with Crippen LogP contribution in [0.5, 0.6) is 0 Å². The minimum atomic E-state index is -0.102. The maximum atomic E-state index is 12.2. The van der Waals surface area contributed by atoms with Crippen molar-refractivity contribution in [1.29, 1.82) is 5.26 Å². The second-order valence-corrected chi connectivity index (χ2v) is 5.05. The van der Waals surface area contributed by atoms with E-state index in [2.05, 4.69) is 11.4 Å². The molecule has 0 aliphatic rings. The number of rotatable bonds is 3. The van der Waals surface area contributed by atoms with Gasteiger partial charge in [0.1, 0.15) is 0 Å². The van der Waals surface area contributed by atoms with E-state index in [0.717, 1.165) is 16.3 Å². The maximum absolute atomic E-state index is 12.2. The van der Waals surface area contributed by atoms with Crippen LogP contribution in [-0.4, -0.2) is 5.91 Å². The summed E-state index contributed by atoms with van der Waals surface area (Å²) in [5.74, 6) is -0.102. The van der Waals surface area contributed by atoms with Gasteiger partial charge in [0, 0.05) is 12.1 Å². The molecule has 0 aromatic heterocycles. The normalized spacial score (nSPS) is 10.1. The molecule has 3 rings (SSSR count). The lowest BCUT2D eigenvalue weighted by Gasteiger charge is -2.06. The molecule has 0 saturated heterocycles. The number of carbonyl (C=O) groups is 1. The summed E-state index contributed by atoms with van der Waals surface area (Å²) in [4.78, 5) is 12.2. The first-order valence-corrected chi connectivity index (χ1v) is 7.02. The smallest absolute Gasteiger partial charge is 0.251 e. The van der Waals surface area contributed by atoms with Crippen LogP contribution in [0, 0.1) is 11.3 Å². The first kappa shape index (κ1) is 13.8. The van der Waals surface area contributed by atoms with E-state index in [1.807, 2.05) is 54.6 Å². The number of hydrogen-bond donors (Lipinski definition) is 1. The number of amides is 1. The highest BCUT2D eigenvalue weighted by molar-refractivity contribution is 5.98. The Labute approximate surface area is 128 Å². The molecule has 0 heterocycles. The first-order valence-electron chi connectivity index (χ1n) is 7.02. The van der Waals surface area contributed by atoms with Crippen LogP contribution in [0.4, 0.5) is 0 Å². The number of nitrogens with one attached hydrogen (secondary N) is 1. The Morgan fingerprint density at radius 1 is 0.955 bits per heavy atom. The van der Waals surface area contributed by atoms with Gasteiger partial charge in [0.2, 0.25) is 0 Å². The predicted octanol–water partition coefficient (Wildman–Crippen LogP) is 3.64. The number of fused-ring (bicyclic) bond motifs is 1. The van der Waals surface area contributed by atoms with Gasteiger partial charge in [-0.3, -0.25) is 4.79 Å². The number of nitrogens with zero attached hydrogens (tertiary/aromatic N) is 1. The highest BCUT2D eigenvalue weighted by Gasteiger charge is 2.06. The molecule has 0 fully saturated rings. The molecular formula is C19H14N2O. The monoisotopic (exact) mass is 286 g/mol. The van der Waals surface area contributed by atoms with Crippen molar-refractivity contribution >= 4 is 16.7 Å². The van der Waals surface area contributed by atoms with Crippen LogP contribution in [0.1, 0.15) is 21.5 Å². The molecule has 106 valence electrons. The summed E-state index contributed by atoms with van der Waals surface area (Å²) in [5.41, 5.74) is 2.23. The van der Waals surface area contributed by atoms with Crippen molar-refractivity contribution in [3.63, 3.8) is 0 Å². The Balaban J connectivity index is 1.71. The number of hydrogen-bond acceptors (Lipinski definition) is 2. The first-order chi connectivity index (χ1) is 10.8. The molecule has 0 saturated carbocycles. The Bertz CT molecular complexity index is 860. The average Bonchev–Trinajstić information content (AvgIpc) is 2.59. The fraction of sp³-hybridized carbons (Fsp3) is 0.0526. The van der Waals surface area contributed by atoms with E-state index < -0.39 is 0 Å². The van der Waals surface area contributed by atoms with Gasteiger partial charge in [-0.05, 0) is 40.6 Å². The molecule has 1 amide bonds. The lowest BCUT2D eigenvalue weighted by molar-refractivity contribution is 0.0951. The predicted molar refractivity (Wildman–Crippen MR) is 86.3 cm³/mol. The van der Waals surface area contributed by atoms with Gasteiger partial charge < -0.3 is 5.32 Å². The summed E-state index contributed by atoms with van der Waals surface area (Å²) in [5, 5.41) is 13.8. The Morgan fingerprint density at radius 2 is 1.68 bits per heavy atom. The topological polar surface area (TPSA) is 52.9 Å². The van der Waals surface area contributed by atoms with Crippen molar-refractivity contribution in [2.75, 3.05) is 0 Å². The molecule has 3 aromatic carbocycles. The van der Waals surface area contributed by atoms with Gasteiger partial charge in [-0.25, -0.2) is 0 Å². The summed E-state index contributed by atoms with van der Waals surface area (Å²) >= 11 is 0. The maximum Gasteiger partial charge on any atom is 0.251 e. The molecule has 22 heavy (non-hydrogen) atoms. The molecule has 3 nitrogen and oxygen atoms in total. The lowest BCUT2D eigenvalue weighted by atomic mass is 10.1. The Morgan fingerprint density at radius 3 is 2.41 bits per heavy atom. The molecule has 0 spiro atoms. The zero-order valence-electron chi connectivity index (χ0n) is 11.9. The van der Waals surface area contributed by atoms with Crippen molar-refractivity contribution in [2.45, 2.75) is 6.54 Å². The second-order valence-electron chi connectivity index (χ2n) is 5.05. The van der Waals surface area contributed by atoms with Gasteiger partial charge >= 0.3 is 0 Å². The van der Waals surface area contributed by atoms with Gasteiger partial charge in [0.05, 0.1) is 11.6 Å². The SMILES string of the molecule is N#Cc1ccc(CNC(=O)c2ccc3ccccc3c2)cc1. The standard InChI is InChI=1S/C19H14N2O/c20-12-14-5-7-15(8-6-14)13-21-19(22)18-10-9-16-3-1-2-4-17(16)11-18/h1-11H,13H2,(H,21,22). The Kier molecular flexibility index (Phi) is 3.84. The van der Waals surface area contributed by atoms with E-state index in [9.17, 15) is 4.79 Å². The Hall–Kier alpha value is -3.12. The third-order valence-corrected chi connectivity index (χ3v) is 3.55. The van der Waals surface area contributed by atoms with Gasteiger partial charge in [-0.1, -0.05) is 42.5 Å². The molecule has 1 N–H and O–H groups in total. The van der Waals surface area contributed by atoms with E-state index >= 15 is 0 Å². The van der Waals surface area contributed by atoms with E-state index in [4.69, 9.17) is 5.26 Å². The lowest BCUT2D eigenvalue weighted by Crippen LogP contribution is -2.22. The zero-order chi connectivity index (χ0) is 15.4. The van der Waals surface area contributed by atoms with Crippen LogP contribution >= 0.6 is 0 Å². The third kappa shape index (κ3) is 2.97. The zero-order valence-corrected chi connectivity index (χ0v) is 11.9. The highest BCUT2D eigenvalue weighted by atomic mass is 16.1.